The molecular formula is C6H8N2O3S. The molecule has 5 nitrogen and oxygen atoms in total. The van der Waals surface area contributed by atoms with Crippen molar-refractivity contribution in [3.8, 4) is 5.75 Å². The van der Waals surface area contributed by atoms with Crippen LogP contribution in [0.15, 0.2) is 24.3 Å². The molecule has 0 aromatic heterocycles. The smallest absolute Gasteiger partial charge is 0.380 e. The van der Waals surface area contributed by atoms with Crippen LogP contribution in [0.1, 0.15) is 0 Å². The standard InChI is InChI=1S/C6H8N2O3S/c7-5-2-1-3-6(4-5)11-12(8,9)10/h1-4H,7H2,(H2,8,9,10). The molecule has 4 N–H and O–H groups in total. The maximum absolute atomic E-state index is 10.4. The quantitative estimate of drug-likeness (QED) is 0.631. The lowest BCUT2D eigenvalue weighted by molar-refractivity contribution is 0.488. The van der Waals surface area contributed by atoms with E-state index >= 15 is 0 Å². The molecule has 0 amide bonds. The summed E-state index contributed by atoms with van der Waals surface area (Å²) in [7, 11) is -3.95. The Kier molecular flexibility index (Phi) is 2.20. The number of anilines is 1. The van der Waals surface area contributed by atoms with Crippen LogP contribution in [0.4, 0.5) is 5.69 Å². The highest BCUT2D eigenvalue weighted by Gasteiger charge is 2.03. The second-order valence-corrected chi connectivity index (χ2v) is 3.30. The molecule has 0 heterocycles. The van der Waals surface area contributed by atoms with E-state index in [1.54, 1.807) is 12.1 Å². The minimum Gasteiger partial charge on any atom is -0.399 e. The van der Waals surface area contributed by atoms with Gasteiger partial charge in [-0.3, -0.25) is 0 Å². The predicted molar refractivity (Wildman–Crippen MR) is 44.6 cm³/mol. The monoisotopic (exact) mass is 188 g/mol. The van der Waals surface area contributed by atoms with Crippen LogP contribution in [-0.2, 0) is 10.3 Å². The van der Waals surface area contributed by atoms with Gasteiger partial charge in [-0.15, -0.1) is 0 Å². The maximum Gasteiger partial charge on any atom is 0.380 e. The Bertz CT molecular complexity index is 374. The van der Waals surface area contributed by atoms with Gasteiger partial charge in [0.2, 0.25) is 0 Å². The second kappa shape index (κ2) is 3.00. The van der Waals surface area contributed by atoms with Crippen molar-refractivity contribution in [2.45, 2.75) is 0 Å². The van der Waals surface area contributed by atoms with Crippen molar-refractivity contribution >= 4 is 16.0 Å². The van der Waals surface area contributed by atoms with Gasteiger partial charge in [-0.25, -0.2) is 0 Å². The molecule has 6 heteroatoms. The van der Waals surface area contributed by atoms with Gasteiger partial charge in [-0.05, 0) is 12.1 Å². The summed E-state index contributed by atoms with van der Waals surface area (Å²) in [6.45, 7) is 0. The lowest BCUT2D eigenvalue weighted by Gasteiger charge is -2.01. The van der Waals surface area contributed by atoms with Crippen molar-refractivity contribution in [1.29, 1.82) is 0 Å². The summed E-state index contributed by atoms with van der Waals surface area (Å²) in [5, 5.41) is 4.63. The van der Waals surface area contributed by atoms with Crippen LogP contribution in [0.5, 0.6) is 5.75 Å². The average Bonchev–Trinajstić information content (AvgIpc) is 1.82. The van der Waals surface area contributed by atoms with Gasteiger partial charge >= 0.3 is 10.3 Å². The first-order chi connectivity index (χ1) is 5.47. The Morgan fingerprint density at radius 3 is 2.50 bits per heavy atom. The van der Waals surface area contributed by atoms with Gasteiger partial charge in [0, 0.05) is 11.8 Å². The summed E-state index contributed by atoms with van der Waals surface area (Å²) in [5.74, 6) is 0.109. The van der Waals surface area contributed by atoms with Gasteiger partial charge in [-0.1, -0.05) is 6.07 Å². The van der Waals surface area contributed by atoms with Crippen LogP contribution >= 0.6 is 0 Å². The molecule has 0 atom stereocenters. The number of hydrogen-bond donors (Lipinski definition) is 2. The number of benzene rings is 1. The molecule has 1 aromatic rings. The number of nitrogens with two attached hydrogens (primary N) is 2. The topological polar surface area (TPSA) is 95.4 Å². The summed E-state index contributed by atoms with van der Waals surface area (Å²) in [5.41, 5.74) is 5.77. The maximum atomic E-state index is 10.4. The molecule has 0 aliphatic rings. The zero-order valence-corrected chi connectivity index (χ0v) is 6.91. The SMILES string of the molecule is Nc1cccc(OS(N)(=O)=O)c1. The molecule has 0 fully saturated rings. The van der Waals surface area contributed by atoms with Crippen molar-refractivity contribution in [3.63, 3.8) is 0 Å². The lowest BCUT2D eigenvalue weighted by Crippen LogP contribution is -2.18. The molecule has 12 heavy (non-hydrogen) atoms. The second-order valence-electron chi connectivity index (χ2n) is 2.15. The molecule has 66 valence electrons. The molecule has 0 saturated heterocycles. The molecule has 0 bridgehead atoms. The van der Waals surface area contributed by atoms with Crippen molar-refractivity contribution in [1.82, 2.24) is 0 Å². The summed E-state index contributed by atoms with van der Waals surface area (Å²) < 4.78 is 25.2. The van der Waals surface area contributed by atoms with E-state index in [4.69, 9.17) is 5.73 Å². The van der Waals surface area contributed by atoms with E-state index in [1.807, 2.05) is 0 Å². The molecule has 0 aliphatic heterocycles. The van der Waals surface area contributed by atoms with E-state index in [0.717, 1.165) is 0 Å². The fourth-order valence-corrected chi connectivity index (χ4v) is 1.07. The Labute approximate surface area is 70.2 Å². The van der Waals surface area contributed by atoms with E-state index in [1.165, 1.54) is 12.1 Å². The van der Waals surface area contributed by atoms with E-state index in [9.17, 15) is 8.42 Å². The van der Waals surface area contributed by atoms with Gasteiger partial charge in [0.05, 0.1) is 0 Å². The largest absolute Gasteiger partial charge is 0.399 e. The zero-order chi connectivity index (χ0) is 9.19. The van der Waals surface area contributed by atoms with Crippen LogP contribution in [0.25, 0.3) is 0 Å². The predicted octanol–water partition coefficient (Wildman–Crippen LogP) is -0.149. The Morgan fingerprint density at radius 1 is 1.33 bits per heavy atom. The highest BCUT2D eigenvalue weighted by atomic mass is 32.2. The fourth-order valence-electron chi connectivity index (χ4n) is 0.701. The van der Waals surface area contributed by atoms with Gasteiger partial charge in [-0.2, -0.15) is 13.6 Å². The minimum atomic E-state index is -3.95. The molecule has 0 radical (unpaired) electrons. The summed E-state index contributed by atoms with van der Waals surface area (Å²) in [6.07, 6.45) is 0. The summed E-state index contributed by atoms with van der Waals surface area (Å²) in [4.78, 5) is 0. The van der Waals surface area contributed by atoms with E-state index < -0.39 is 10.3 Å². The highest BCUT2D eigenvalue weighted by Crippen LogP contribution is 2.15. The first kappa shape index (κ1) is 8.82. The van der Waals surface area contributed by atoms with Gasteiger partial charge < -0.3 is 9.92 Å². The Hall–Kier alpha value is -1.27. The molecule has 0 saturated carbocycles. The third kappa shape index (κ3) is 2.77. The molecule has 0 spiro atoms. The van der Waals surface area contributed by atoms with Crippen LogP contribution in [0.2, 0.25) is 0 Å². The lowest BCUT2D eigenvalue weighted by atomic mass is 10.3. The highest BCUT2D eigenvalue weighted by molar-refractivity contribution is 7.84. The summed E-state index contributed by atoms with van der Waals surface area (Å²) in [6, 6.07) is 5.98. The molecule has 0 unspecified atom stereocenters. The third-order valence-electron chi connectivity index (χ3n) is 1.07. The fraction of sp³-hybridized carbons (Fsp3) is 0. The van der Waals surface area contributed by atoms with Crippen LogP contribution < -0.4 is 15.1 Å². The van der Waals surface area contributed by atoms with Gasteiger partial charge in [0.1, 0.15) is 5.75 Å². The molecule has 1 aromatic carbocycles. The first-order valence-corrected chi connectivity index (χ1v) is 4.52. The van der Waals surface area contributed by atoms with Crippen molar-refractivity contribution in [2.75, 3.05) is 5.73 Å². The zero-order valence-electron chi connectivity index (χ0n) is 6.10. The van der Waals surface area contributed by atoms with E-state index in [0.29, 0.717) is 5.69 Å². The number of rotatable bonds is 2. The normalized spacial score (nSPS) is 11.1. The molecule has 0 aliphatic carbocycles. The van der Waals surface area contributed by atoms with Crippen LogP contribution in [0, 0.1) is 0 Å². The van der Waals surface area contributed by atoms with Gasteiger partial charge in [0.25, 0.3) is 0 Å². The van der Waals surface area contributed by atoms with E-state index in [2.05, 4.69) is 9.32 Å². The Morgan fingerprint density at radius 2 is 2.00 bits per heavy atom. The minimum absolute atomic E-state index is 0.109. The van der Waals surface area contributed by atoms with Crippen LogP contribution in [-0.4, -0.2) is 8.42 Å². The first-order valence-electron chi connectivity index (χ1n) is 3.05. The molecular weight excluding hydrogens is 180 g/mol. The van der Waals surface area contributed by atoms with Crippen molar-refractivity contribution in [3.05, 3.63) is 24.3 Å². The van der Waals surface area contributed by atoms with Crippen molar-refractivity contribution in [2.24, 2.45) is 5.14 Å². The third-order valence-corrected chi connectivity index (χ3v) is 1.50. The van der Waals surface area contributed by atoms with E-state index in [-0.39, 0.29) is 5.75 Å². The van der Waals surface area contributed by atoms with Crippen molar-refractivity contribution < 1.29 is 12.6 Å². The Balaban J connectivity index is 2.91. The number of hydrogen-bond acceptors (Lipinski definition) is 4. The number of nitrogen functional groups attached to an aromatic ring is 1. The van der Waals surface area contributed by atoms with Gasteiger partial charge in [0.15, 0.2) is 0 Å². The molecule has 1 rings (SSSR count). The summed E-state index contributed by atoms with van der Waals surface area (Å²) >= 11 is 0. The van der Waals surface area contributed by atoms with Crippen LogP contribution in [0.3, 0.4) is 0 Å². The average molecular weight is 188 g/mol.